The average Bonchev–Trinajstić information content (AvgIpc) is 2.87. The molecule has 0 radical (unpaired) electrons. The van der Waals surface area contributed by atoms with Crippen molar-refractivity contribution in [3.8, 4) is 11.8 Å². The molecule has 0 spiro atoms. The third-order valence-corrected chi connectivity index (χ3v) is 4.30. The highest BCUT2D eigenvalue weighted by Crippen LogP contribution is 2.30. The summed E-state index contributed by atoms with van der Waals surface area (Å²) in [4.78, 5) is 38.4. The first-order valence-electron chi connectivity index (χ1n) is 9.01. The summed E-state index contributed by atoms with van der Waals surface area (Å²) in [7, 11) is 0. The Labute approximate surface area is 167 Å². The van der Waals surface area contributed by atoms with Gasteiger partial charge in [-0.1, -0.05) is 24.3 Å². The molecule has 8 nitrogen and oxygen atoms in total. The molecule has 2 aromatic rings. The van der Waals surface area contributed by atoms with Crippen LogP contribution in [0.1, 0.15) is 18.9 Å². The lowest BCUT2D eigenvalue weighted by atomic mass is 10.2. The number of para-hydroxylation sites is 3. The number of rotatable bonds is 5. The normalized spacial score (nSPS) is 13.9. The van der Waals surface area contributed by atoms with Crippen LogP contribution in [0.4, 0.5) is 11.4 Å². The Balaban J connectivity index is 1.65. The largest absolute Gasteiger partial charge is 0.491 e. The number of anilines is 2. The van der Waals surface area contributed by atoms with Gasteiger partial charge in [-0.2, -0.15) is 5.26 Å². The Morgan fingerprint density at radius 2 is 1.97 bits per heavy atom. The van der Waals surface area contributed by atoms with E-state index in [0.717, 1.165) is 0 Å². The fourth-order valence-corrected chi connectivity index (χ4v) is 2.83. The average molecular weight is 393 g/mol. The van der Waals surface area contributed by atoms with Crippen LogP contribution in [0.2, 0.25) is 0 Å². The Morgan fingerprint density at radius 1 is 1.24 bits per heavy atom. The minimum absolute atomic E-state index is 0.128. The van der Waals surface area contributed by atoms with Crippen molar-refractivity contribution < 1.29 is 23.9 Å². The van der Waals surface area contributed by atoms with Crippen LogP contribution in [0, 0.1) is 11.3 Å². The van der Waals surface area contributed by atoms with Gasteiger partial charge in [0.15, 0.2) is 6.10 Å². The minimum atomic E-state index is -1.11. The van der Waals surface area contributed by atoms with Gasteiger partial charge in [0.25, 0.3) is 5.91 Å². The molecular weight excluding hydrogens is 374 g/mol. The van der Waals surface area contributed by atoms with E-state index in [0.29, 0.717) is 22.7 Å². The molecule has 0 saturated heterocycles. The summed E-state index contributed by atoms with van der Waals surface area (Å²) >= 11 is 0. The van der Waals surface area contributed by atoms with Crippen molar-refractivity contribution in [1.82, 2.24) is 0 Å². The second kappa shape index (κ2) is 8.89. The zero-order valence-electron chi connectivity index (χ0n) is 15.8. The van der Waals surface area contributed by atoms with Gasteiger partial charge in [-0.3, -0.25) is 19.3 Å². The van der Waals surface area contributed by atoms with E-state index in [9.17, 15) is 14.4 Å². The van der Waals surface area contributed by atoms with Gasteiger partial charge >= 0.3 is 5.97 Å². The summed E-state index contributed by atoms with van der Waals surface area (Å²) in [6, 6.07) is 15.4. The first-order chi connectivity index (χ1) is 14.0. The van der Waals surface area contributed by atoms with Crippen LogP contribution >= 0.6 is 0 Å². The van der Waals surface area contributed by atoms with Gasteiger partial charge in [0.05, 0.1) is 30.0 Å². The number of carbonyl (C=O) groups is 3. The zero-order chi connectivity index (χ0) is 20.8. The molecular formula is C21H19N3O5. The van der Waals surface area contributed by atoms with Crippen LogP contribution in [0.15, 0.2) is 48.5 Å². The number of nitriles is 1. The third kappa shape index (κ3) is 4.71. The van der Waals surface area contributed by atoms with Gasteiger partial charge in [0.1, 0.15) is 18.4 Å². The number of amides is 2. The lowest BCUT2D eigenvalue weighted by Crippen LogP contribution is -2.39. The van der Waals surface area contributed by atoms with Gasteiger partial charge < -0.3 is 14.8 Å². The molecule has 0 saturated carbocycles. The maximum atomic E-state index is 12.4. The standard InChI is InChI=1S/C21H19N3O5/c1-14(21(27)23-16-7-3-2-6-15(16)12-22)29-20(26)13-24-17-8-4-5-9-18(17)28-11-10-19(24)25/h2-9,14H,10-11,13H2,1H3,(H,23,27)/t14-/m1/s1. The summed E-state index contributed by atoms with van der Waals surface area (Å²) in [6.45, 7) is 1.30. The molecule has 8 heteroatoms. The predicted octanol–water partition coefficient (Wildman–Crippen LogP) is 2.24. The molecule has 1 atom stereocenters. The van der Waals surface area contributed by atoms with E-state index in [1.807, 2.05) is 6.07 Å². The van der Waals surface area contributed by atoms with E-state index in [-0.39, 0.29) is 25.5 Å². The molecule has 29 heavy (non-hydrogen) atoms. The first kappa shape index (κ1) is 19.9. The maximum absolute atomic E-state index is 12.4. The van der Waals surface area contributed by atoms with Crippen molar-refractivity contribution in [2.45, 2.75) is 19.4 Å². The Bertz CT molecular complexity index is 982. The fourth-order valence-electron chi connectivity index (χ4n) is 2.83. The van der Waals surface area contributed by atoms with E-state index in [1.54, 1.807) is 48.5 Å². The Morgan fingerprint density at radius 3 is 2.76 bits per heavy atom. The summed E-state index contributed by atoms with van der Waals surface area (Å²) in [6.07, 6.45) is -0.981. The van der Waals surface area contributed by atoms with E-state index >= 15 is 0 Å². The van der Waals surface area contributed by atoms with Crippen molar-refractivity contribution in [3.63, 3.8) is 0 Å². The molecule has 2 aromatic carbocycles. The SMILES string of the molecule is C[C@@H](OC(=O)CN1C(=O)CCOc2ccccc21)C(=O)Nc1ccccc1C#N. The number of esters is 1. The van der Waals surface area contributed by atoms with Gasteiger partial charge in [0, 0.05) is 0 Å². The highest BCUT2D eigenvalue weighted by molar-refractivity contribution is 6.00. The molecule has 0 fully saturated rings. The molecule has 0 bridgehead atoms. The van der Waals surface area contributed by atoms with Crippen LogP contribution in [0.5, 0.6) is 5.75 Å². The van der Waals surface area contributed by atoms with Gasteiger partial charge in [0.2, 0.25) is 5.91 Å². The molecule has 148 valence electrons. The van der Waals surface area contributed by atoms with Gasteiger partial charge in [-0.05, 0) is 31.2 Å². The van der Waals surface area contributed by atoms with Crippen LogP contribution < -0.4 is 15.0 Å². The molecule has 1 N–H and O–H groups in total. The molecule has 2 amide bonds. The van der Waals surface area contributed by atoms with Gasteiger partial charge in [-0.15, -0.1) is 0 Å². The van der Waals surface area contributed by atoms with Crippen LogP contribution in [0.25, 0.3) is 0 Å². The predicted molar refractivity (Wildman–Crippen MR) is 104 cm³/mol. The van der Waals surface area contributed by atoms with E-state index in [1.165, 1.54) is 11.8 Å². The number of hydrogen-bond donors (Lipinski definition) is 1. The number of fused-ring (bicyclic) bond motifs is 1. The molecule has 1 aliphatic rings. The molecule has 1 aliphatic heterocycles. The number of nitrogens with one attached hydrogen (secondary N) is 1. The van der Waals surface area contributed by atoms with E-state index in [2.05, 4.69) is 5.32 Å². The summed E-state index contributed by atoms with van der Waals surface area (Å²) < 4.78 is 10.7. The van der Waals surface area contributed by atoms with Crippen molar-refractivity contribution >= 4 is 29.2 Å². The van der Waals surface area contributed by atoms with Crippen molar-refractivity contribution in [2.24, 2.45) is 0 Å². The monoisotopic (exact) mass is 393 g/mol. The second-order valence-corrected chi connectivity index (χ2v) is 6.32. The molecule has 3 rings (SSSR count). The van der Waals surface area contributed by atoms with Crippen LogP contribution in [-0.4, -0.2) is 37.0 Å². The molecule has 0 aliphatic carbocycles. The summed E-state index contributed by atoms with van der Waals surface area (Å²) in [5.74, 6) is -1.07. The number of ether oxygens (including phenoxy) is 2. The molecule has 1 heterocycles. The zero-order valence-corrected chi connectivity index (χ0v) is 15.8. The lowest BCUT2D eigenvalue weighted by Gasteiger charge is -2.22. The Hall–Kier alpha value is -3.86. The smallest absolute Gasteiger partial charge is 0.326 e. The first-order valence-corrected chi connectivity index (χ1v) is 9.01. The second-order valence-electron chi connectivity index (χ2n) is 6.32. The highest BCUT2D eigenvalue weighted by Gasteiger charge is 2.27. The topological polar surface area (TPSA) is 109 Å². The highest BCUT2D eigenvalue weighted by atomic mass is 16.5. The minimum Gasteiger partial charge on any atom is -0.491 e. The van der Waals surface area contributed by atoms with Crippen molar-refractivity contribution in [1.29, 1.82) is 5.26 Å². The maximum Gasteiger partial charge on any atom is 0.326 e. The van der Waals surface area contributed by atoms with E-state index in [4.69, 9.17) is 14.7 Å². The molecule has 0 aromatic heterocycles. The van der Waals surface area contributed by atoms with Crippen LogP contribution in [0.3, 0.4) is 0 Å². The summed E-state index contributed by atoms with van der Waals surface area (Å²) in [5.41, 5.74) is 1.11. The number of hydrogen-bond acceptors (Lipinski definition) is 6. The summed E-state index contributed by atoms with van der Waals surface area (Å²) in [5, 5.41) is 11.7. The molecule has 0 unspecified atom stereocenters. The van der Waals surface area contributed by atoms with Crippen molar-refractivity contribution in [3.05, 3.63) is 54.1 Å². The van der Waals surface area contributed by atoms with Crippen LogP contribution in [-0.2, 0) is 19.1 Å². The number of benzene rings is 2. The number of carbonyl (C=O) groups excluding carboxylic acids is 3. The fraction of sp³-hybridized carbons (Fsp3) is 0.238. The van der Waals surface area contributed by atoms with Gasteiger partial charge in [-0.25, -0.2) is 0 Å². The Kier molecular flexibility index (Phi) is 6.09. The number of nitrogens with zero attached hydrogens (tertiary/aromatic N) is 2. The lowest BCUT2D eigenvalue weighted by molar-refractivity contribution is -0.152. The quantitative estimate of drug-likeness (QED) is 0.781. The van der Waals surface area contributed by atoms with E-state index < -0.39 is 18.0 Å². The van der Waals surface area contributed by atoms with Crippen molar-refractivity contribution in [2.75, 3.05) is 23.4 Å². The third-order valence-electron chi connectivity index (χ3n) is 4.30.